The molecule has 2 aliphatic heterocycles. The molecular weight excluding hydrogens is 326 g/mol. The summed E-state index contributed by atoms with van der Waals surface area (Å²) in [6.45, 7) is 15.4. The maximum absolute atomic E-state index is 12.1. The van der Waals surface area contributed by atoms with Crippen molar-refractivity contribution in [3.63, 3.8) is 0 Å². The molecule has 0 aromatic rings. The molecule has 2 aliphatic rings. The fourth-order valence-corrected chi connectivity index (χ4v) is 3.73. The largest absolute Gasteiger partial charge is 0.357 e. The van der Waals surface area contributed by atoms with Crippen LogP contribution in [-0.2, 0) is 4.79 Å². The third-order valence-electron chi connectivity index (χ3n) is 5.46. The first-order valence-corrected chi connectivity index (χ1v) is 10.6. The number of rotatable bonds is 7. The van der Waals surface area contributed by atoms with Crippen LogP contribution in [0, 0.1) is 11.8 Å². The van der Waals surface area contributed by atoms with E-state index < -0.39 is 0 Å². The molecule has 0 aromatic heterocycles. The molecule has 2 fully saturated rings. The lowest BCUT2D eigenvalue weighted by Gasteiger charge is -2.29. The number of hydrogen-bond acceptors (Lipinski definition) is 3. The average molecular weight is 366 g/mol. The topological polar surface area (TPSA) is 60.0 Å². The van der Waals surface area contributed by atoms with Crippen LogP contribution in [0.2, 0.25) is 0 Å². The van der Waals surface area contributed by atoms with Crippen molar-refractivity contribution < 1.29 is 4.79 Å². The Bertz CT molecular complexity index is 457. The Labute approximate surface area is 159 Å². The van der Waals surface area contributed by atoms with E-state index in [1.807, 2.05) is 18.7 Å². The first-order chi connectivity index (χ1) is 12.5. The maximum atomic E-state index is 12.1. The lowest BCUT2D eigenvalue weighted by atomic mass is 9.99. The molecule has 150 valence electrons. The number of nitrogens with zero attached hydrogens (tertiary/aromatic N) is 3. The lowest BCUT2D eigenvalue weighted by molar-refractivity contribution is -0.133. The third kappa shape index (κ3) is 6.78. The van der Waals surface area contributed by atoms with Gasteiger partial charge in [0.1, 0.15) is 0 Å². The van der Waals surface area contributed by atoms with Crippen LogP contribution in [0.5, 0.6) is 0 Å². The first-order valence-electron chi connectivity index (χ1n) is 10.6. The number of aliphatic imine (C=N–C) groups is 1. The fraction of sp³-hybridized carbons (Fsp3) is 0.900. The normalized spacial score (nSPS) is 22.9. The van der Waals surface area contributed by atoms with Gasteiger partial charge < -0.3 is 20.4 Å². The van der Waals surface area contributed by atoms with Crippen molar-refractivity contribution in [2.45, 2.75) is 59.4 Å². The van der Waals surface area contributed by atoms with E-state index in [1.54, 1.807) is 0 Å². The predicted molar refractivity (Wildman–Crippen MR) is 108 cm³/mol. The molecule has 1 atom stereocenters. The summed E-state index contributed by atoms with van der Waals surface area (Å²) in [6.07, 6.45) is 4.77. The molecule has 0 radical (unpaired) electrons. The smallest absolute Gasteiger partial charge is 0.225 e. The van der Waals surface area contributed by atoms with Gasteiger partial charge in [0.2, 0.25) is 5.91 Å². The first kappa shape index (κ1) is 21.0. The van der Waals surface area contributed by atoms with Crippen LogP contribution in [-0.4, -0.2) is 73.5 Å². The Balaban J connectivity index is 1.72. The van der Waals surface area contributed by atoms with Crippen LogP contribution in [0.4, 0.5) is 0 Å². The summed E-state index contributed by atoms with van der Waals surface area (Å²) < 4.78 is 0. The zero-order valence-corrected chi connectivity index (χ0v) is 17.3. The van der Waals surface area contributed by atoms with Gasteiger partial charge in [-0.05, 0) is 58.2 Å². The molecule has 2 rings (SSSR count). The monoisotopic (exact) mass is 365 g/mol. The molecule has 2 heterocycles. The maximum Gasteiger partial charge on any atom is 0.225 e. The molecule has 26 heavy (non-hydrogen) atoms. The Morgan fingerprint density at radius 3 is 2.58 bits per heavy atom. The summed E-state index contributed by atoms with van der Waals surface area (Å²) in [5.74, 6) is 2.12. The summed E-state index contributed by atoms with van der Waals surface area (Å²) in [5, 5.41) is 6.86. The standard InChI is InChI=1S/C20H39N5O/c1-5-21-20(22-10-6-11-24-12-7-17(4)8-13-24)23-18-9-14-25(15-18)19(26)16(2)3/h16-18H,5-15H2,1-4H3,(H2,21,22,23). The van der Waals surface area contributed by atoms with Gasteiger partial charge in [0.15, 0.2) is 5.96 Å². The van der Waals surface area contributed by atoms with Gasteiger partial charge >= 0.3 is 0 Å². The number of guanidine groups is 1. The molecule has 0 aromatic carbocycles. The van der Waals surface area contributed by atoms with E-state index in [0.717, 1.165) is 57.4 Å². The average Bonchev–Trinajstić information content (AvgIpc) is 3.08. The summed E-state index contributed by atoms with van der Waals surface area (Å²) in [5.41, 5.74) is 0. The molecule has 0 spiro atoms. The van der Waals surface area contributed by atoms with Gasteiger partial charge in [-0.15, -0.1) is 0 Å². The van der Waals surface area contributed by atoms with E-state index in [2.05, 4.69) is 29.4 Å². The Hall–Kier alpha value is -1.30. The molecule has 0 bridgehead atoms. The minimum atomic E-state index is 0.0772. The van der Waals surface area contributed by atoms with Gasteiger partial charge in [-0.2, -0.15) is 0 Å². The number of amides is 1. The summed E-state index contributed by atoms with van der Waals surface area (Å²) >= 11 is 0. The van der Waals surface area contributed by atoms with E-state index in [0.29, 0.717) is 6.04 Å². The SMILES string of the molecule is CCNC(=NCCCN1CCC(C)CC1)NC1CCN(C(=O)C(C)C)C1. The van der Waals surface area contributed by atoms with Gasteiger partial charge in [0.25, 0.3) is 0 Å². The summed E-state index contributed by atoms with van der Waals surface area (Å²) in [4.78, 5) is 21.4. The molecular formula is C20H39N5O. The number of carbonyl (C=O) groups is 1. The van der Waals surface area contributed by atoms with Crippen molar-refractivity contribution >= 4 is 11.9 Å². The van der Waals surface area contributed by atoms with Crippen molar-refractivity contribution in [1.82, 2.24) is 20.4 Å². The van der Waals surface area contributed by atoms with E-state index in [1.165, 1.54) is 25.9 Å². The molecule has 1 unspecified atom stereocenters. The van der Waals surface area contributed by atoms with Crippen molar-refractivity contribution in [2.24, 2.45) is 16.8 Å². The second-order valence-corrected chi connectivity index (χ2v) is 8.21. The number of piperidine rings is 1. The van der Waals surface area contributed by atoms with Crippen LogP contribution in [0.15, 0.2) is 4.99 Å². The number of likely N-dealkylation sites (tertiary alicyclic amines) is 2. The predicted octanol–water partition coefficient (Wildman–Crippen LogP) is 1.92. The van der Waals surface area contributed by atoms with Gasteiger partial charge in [-0.25, -0.2) is 0 Å². The van der Waals surface area contributed by atoms with Crippen LogP contribution in [0.1, 0.15) is 53.4 Å². The molecule has 0 saturated carbocycles. The van der Waals surface area contributed by atoms with Crippen LogP contribution >= 0.6 is 0 Å². The quantitative estimate of drug-likeness (QED) is 0.411. The highest BCUT2D eigenvalue weighted by Crippen LogP contribution is 2.16. The van der Waals surface area contributed by atoms with E-state index >= 15 is 0 Å². The van der Waals surface area contributed by atoms with E-state index in [4.69, 9.17) is 4.99 Å². The Morgan fingerprint density at radius 2 is 1.92 bits per heavy atom. The highest BCUT2D eigenvalue weighted by atomic mass is 16.2. The van der Waals surface area contributed by atoms with E-state index in [-0.39, 0.29) is 11.8 Å². The fourth-order valence-electron chi connectivity index (χ4n) is 3.73. The molecule has 2 saturated heterocycles. The molecule has 0 aliphatic carbocycles. The van der Waals surface area contributed by atoms with Gasteiger partial charge in [0, 0.05) is 38.1 Å². The zero-order valence-electron chi connectivity index (χ0n) is 17.3. The zero-order chi connectivity index (χ0) is 18.9. The molecule has 2 N–H and O–H groups in total. The van der Waals surface area contributed by atoms with Crippen LogP contribution in [0.25, 0.3) is 0 Å². The summed E-state index contributed by atoms with van der Waals surface area (Å²) in [6, 6.07) is 0.305. The molecule has 6 heteroatoms. The number of hydrogen-bond donors (Lipinski definition) is 2. The second kappa shape index (κ2) is 10.8. The summed E-state index contributed by atoms with van der Waals surface area (Å²) in [7, 11) is 0. The van der Waals surface area contributed by atoms with Crippen LogP contribution in [0.3, 0.4) is 0 Å². The van der Waals surface area contributed by atoms with Gasteiger partial charge in [0.05, 0.1) is 0 Å². The van der Waals surface area contributed by atoms with Gasteiger partial charge in [-0.1, -0.05) is 20.8 Å². The highest BCUT2D eigenvalue weighted by Gasteiger charge is 2.27. The van der Waals surface area contributed by atoms with Crippen LogP contribution < -0.4 is 10.6 Å². The minimum Gasteiger partial charge on any atom is -0.357 e. The van der Waals surface area contributed by atoms with Crippen molar-refractivity contribution in [2.75, 3.05) is 45.8 Å². The van der Waals surface area contributed by atoms with Gasteiger partial charge in [-0.3, -0.25) is 9.79 Å². The minimum absolute atomic E-state index is 0.0772. The second-order valence-electron chi connectivity index (χ2n) is 8.21. The number of nitrogens with one attached hydrogen (secondary N) is 2. The Kier molecular flexibility index (Phi) is 8.69. The van der Waals surface area contributed by atoms with Crippen molar-refractivity contribution in [3.05, 3.63) is 0 Å². The highest BCUT2D eigenvalue weighted by molar-refractivity contribution is 5.81. The van der Waals surface area contributed by atoms with Crippen molar-refractivity contribution in [1.29, 1.82) is 0 Å². The van der Waals surface area contributed by atoms with E-state index in [9.17, 15) is 4.79 Å². The lowest BCUT2D eigenvalue weighted by Crippen LogP contribution is -2.45. The van der Waals surface area contributed by atoms with Crippen molar-refractivity contribution in [3.8, 4) is 0 Å². The Morgan fingerprint density at radius 1 is 1.19 bits per heavy atom. The molecule has 6 nitrogen and oxygen atoms in total. The third-order valence-corrected chi connectivity index (χ3v) is 5.46. The number of carbonyl (C=O) groups excluding carboxylic acids is 1. The molecule has 1 amide bonds.